The number of carbonyl (C=O) groups excluding carboxylic acids is 5. The quantitative estimate of drug-likeness (QED) is 0.230. The number of alkyl carbamates (subject to hydrolysis) is 1. The Kier molecular flexibility index (Phi) is 13.3. The van der Waals surface area contributed by atoms with Gasteiger partial charge in [0, 0.05) is 12.8 Å². The van der Waals surface area contributed by atoms with Gasteiger partial charge in [-0.25, -0.2) is 4.79 Å². The zero-order chi connectivity index (χ0) is 31.1. The molecule has 0 aliphatic carbocycles. The molecule has 2 rings (SSSR count). The molecule has 0 spiro atoms. The zero-order valence-corrected chi connectivity index (χ0v) is 24.4. The van der Waals surface area contributed by atoms with Gasteiger partial charge in [0.25, 0.3) is 0 Å². The van der Waals surface area contributed by atoms with Crippen LogP contribution < -0.4 is 26.4 Å². The van der Waals surface area contributed by atoms with Gasteiger partial charge in [0.1, 0.15) is 36.6 Å². The van der Waals surface area contributed by atoms with E-state index in [1.54, 1.807) is 52.0 Å². The van der Waals surface area contributed by atoms with E-state index in [9.17, 15) is 24.0 Å². The molecule has 42 heavy (non-hydrogen) atoms. The molecule has 2 unspecified atom stereocenters. The molecule has 0 saturated carbocycles. The molecule has 0 bridgehead atoms. The highest BCUT2D eigenvalue weighted by atomic mass is 16.6. The van der Waals surface area contributed by atoms with E-state index in [1.165, 1.54) is 0 Å². The SMILES string of the molecule is CCOC(=O)CNC(=O)C(CCC(N)=O)NC(=O)C(Cc1ccc(OCc2ccccc2)cc1)NC(=O)OC(C)(C)C. The lowest BCUT2D eigenvalue weighted by molar-refractivity contribution is -0.143. The topological polar surface area (TPSA) is 175 Å². The molecular weight excluding hydrogens is 544 g/mol. The van der Waals surface area contributed by atoms with Crippen molar-refractivity contribution in [2.24, 2.45) is 5.73 Å². The number of hydrogen-bond donors (Lipinski definition) is 4. The van der Waals surface area contributed by atoms with Crippen molar-refractivity contribution in [2.75, 3.05) is 13.2 Å². The van der Waals surface area contributed by atoms with Crippen LogP contribution in [-0.2, 0) is 41.7 Å². The fourth-order valence-electron chi connectivity index (χ4n) is 3.68. The Morgan fingerprint density at radius 1 is 0.857 bits per heavy atom. The van der Waals surface area contributed by atoms with Crippen LogP contribution in [0.2, 0.25) is 0 Å². The third-order valence-electron chi connectivity index (χ3n) is 5.64. The van der Waals surface area contributed by atoms with Crippen molar-refractivity contribution in [1.82, 2.24) is 16.0 Å². The molecule has 2 aromatic rings. The van der Waals surface area contributed by atoms with Gasteiger partial charge in [-0.05, 0) is 57.4 Å². The number of hydrogen-bond acceptors (Lipinski definition) is 8. The van der Waals surface area contributed by atoms with Crippen molar-refractivity contribution in [3.8, 4) is 5.75 Å². The van der Waals surface area contributed by atoms with Crippen LogP contribution in [0.4, 0.5) is 4.79 Å². The van der Waals surface area contributed by atoms with Crippen molar-refractivity contribution in [3.05, 3.63) is 65.7 Å². The first-order valence-corrected chi connectivity index (χ1v) is 13.6. The summed E-state index contributed by atoms with van der Waals surface area (Å²) in [6, 6.07) is 14.3. The summed E-state index contributed by atoms with van der Waals surface area (Å²) < 4.78 is 15.9. The number of ether oxygens (including phenoxy) is 3. The van der Waals surface area contributed by atoms with E-state index < -0.39 is 54.0 Å². The molecule has 0 aliphatic rings. The van der Waals surface area contributed by atoms with E-state index in [0.29, 0.717) is 17.9 Å². The highest BCUT2D eigenvalue weighted by Gasteiger charge is 2.29. The maximum absolute atomic E-state index is 13.4. The summed E-state index contributed by atoms with van der Waals surface area (Å²) in [6.07, 6.45) is -1.10. The second-order valence-corrected chi connectivity index (χ2v) is 10.4. The van der Waals surface area contributed by atoms with Gasteiger partial charge < -0.3 is 35.9 Å². The van der Waals surface area contributed by atoms with Gasteiger partial charge in [0.15, 0.2) is 0 Å². The molecular formula is C30H40N4O8. The summed E-state index contributed by atoms with van der Waals surface area (Å²) >= 11 is 0. The third-order valence-corrected chi connectivity index (χ3v) is 5.64. The van der Waals surface area contributed by atoms with Crippen LogP contribution in [0.3, 0.4) is 0 Å². The number of nitrogens with two attached hydrogens (primary N) is 1. The predicted molar refractivity (Wildman–Crippen MR) is 154 cm³/mol. The van der Waals surface area contributed by atoms with Crippen molar-refractivity contribution >= 4 is 29.8 Å². The Morgan fingerprint density at radius 2 is 1.52 bits per heavy atom. The molecule has 0 aromatic heterocycles. The summed E-state index contributed by atoms with van der Waals surface area (Å²) in [5, 5.41) is 7.50. The van der Waals surface area contributed by atoms with Crippen LogP contribution >= 0.6 is 0 Å². The lowest BCUT2D eigenvalue weighted by Crippen LogP contribution is -2.55. The number of carbonyl (C=O) groups is 5. The van der Waals surface area contributed by atoms with Gasteiger partial charge in [0.05, 0.1) is 6.61 Å². The summed E-state index contributed by atoms with van der Waals surface area (Å²) in [4.78, 5) is 61.8. The molecule has 4 amide bonds. The van der Waals surface area contributed by atoms with E-state index in [0.717, 1.165) is 5.56 Å². The molecule has 5 N–H and O–H groups in total. The van der Waals surface area contributed by atoms with E-state index >= 15 is 0 Å². The Morgan fingerprint density at radius 3 is 2.12 bits per heavy atom. The number of primary amides is 1. The molecule has 0 aliphatic heterocycles. The molecule has 0 heterocycles. The Hall–Kier alpha value is -4.61. The smallest absolute Gasteiger partial charge is 0.408 e. The lowest BCUT2D eigenvalue weighted by atomic mass is 10.0. The van der Waals surface area contributed by atoms with E-state index in [4.69, 9.17) is 19.9 Å². The normalized spacial score (nSPS) is 12.3. The molecule has 2 atom stereocenters. The van der Waals surface area contributed by atoms with Crippen LogP contribution in [0.25, 0.3) is 0 Å². The Balaban J connectivity index is 2.16. The average molecular weight is 585 g/mol. The predicted octanol–water partition coefficient (Wildman–Crippen LogP) is 2.13. The van der Waals surface area contributed by atoms with Crippen molar-refractivity contribution in [2.45, 2.75) is 71.2 Å². The molecule has 0 saturated heterocycles. The fourth-order valence-corrected chi connectivity index (χ4v) is 3.68. The molecule has 12 heteroatoms. The first kappa shape index (κ1) is 33.6. The summed E-state index contributed by atoms with van der Waals surface area (Å²) in [5.74, 6) is -2.13. The summed E-state index contributed by atoms with van der Waals surface area (Å²) in [7, 11) is 0. The molecule has 2 aromatic carbocycles. The highest BCUT2D eigenvalue weighted by molar-refractivity contribution is 5.92. The van der Waals surface area contributed by atoms with Crippen LogP contribution in [0.5, 0.6) is 5.75 Å². The highest BCUT2D eigenvalue weighted by Crippen LogP contribution is 2.16. The minimum absolute atomic E-state index is 0.0526. The van der Waals surface area contributed by atoms with Crippen LogP contribution in [0.15, 0.2) is 54.6 Å². The minimum Gasteiger partial charge on any atom is -0.489 e. The number of esters is 1. The minimum atomic E-state index is -1.21. The second-order valence-electron chi connectivity index (χ2n) is 10.4. The summed E-state index contributed by atoms with van der Waals surface area (Å²) in [5.41, 5.74) is 6.13. The van der Waals surface area contributed by atoms with Crippen molar-refractivity contribution in [1.29, 1.82) is 0 Å². The molecule has 0 radical (unpaired) electrons. The van der Waals surface area contributed by atoms with Gasteiger partial charge in [-0.2, -0.15) is 0 Å². The Labute approximate surface area is 245 Å². The largest absolute Gasteiger partial charge is 0.489 e. The second kappa shape index (κ2) is 16.6. The van der Waals surface area contributed by atoms with Gasteiger partial charge in [0.2, 0.25) is 17.7 Å². The van der Waals surface area contributed by atoms with E-state index in [-0.39, 0.29) is 25.9 Å². The van der Waals surface area contributed by atoms with Crippen LogP contribution in [-0.4, -0.2) is 60.6 Å². The van der Waals surface area contributed by atoms with Gasteiger partial charge in [-0.1, -0.05) is 42.5 Å². The van der Waals surface area contributed by atoms with Crippen LogP contribution in [0, 0.1) is 0 Å². The number of amides is 4. The molecule has 228 valence electrons. The average Bonchev–Trinajstić information content (AvgIpc) is 2.92. The third kappa shape index (κ3) is 13.2. The van der Waals surface area contributed by atoms with Gasteiger partial charge in [-0.15, -0.1) is 0 Å². The van der Waals surface area contributed by atoms with Gasteiger partial charge >= 0.3 is 12.1 Å². The fraction of sp³-hybridized carbons (Fsp3) is 0.433. The maximum atomic E-state index is 13.4. The van der Waals surface area contributed by atoms with Gasteiger partial charge in [-0.3, -0.25) is 19.2 Å². The number of rotatable bonds is 15. The van der Waals surface area contributed by atoms with E-state index in [2.05, 4.69) is 16.0 Å². The standard InChI is InChI=1S/C30H40N4O8/c1-5-40-26(36)18-32-27(37)23(15-16-25(31)35)33-28(38)24(34-29(39)42-30(2,3)4)17-20-11-13-22(14-12-20)41-19-21-9-7-6-8-10-21/h6-14,23-24H,5,15-19H2,1-4H3,(H2,31,35)(H,32,37)(H,33,38)(H,34,39). The Bertz CT molecular complexity index is 1200. The maximum Gasteiger partial charge on any atom is 0.408 e. The first-order valence-electron chi connectivity index (χ1n) is 13.6. The molecule has 12 nitrogen and oxygen atoms in total. The monoisotopic (exact) mass is 584 g/mol. The molecule has 0 fully saturated rings. The van der Waals surface area contributed by atoms with Crippen molar-refractivity contribution in [3.63, 3.8) is 0 Å². The lowest BCUT2D eigenvalue weighted by Gasteiger charge is -2.25. The van der Waals surface area contributed by atoms with Crippen LogP contribution in [0.1, 0.15) is 51.7 Å². The van der Waals surface area contributed by atoms with Crippen molar-refractivity contribution < 1.29 is 38.2 Å². The van der Waals surface area contributed by atoms with E-state index in [1.807, 2.05) is 30.3 Å². The summed E-state index contributed by atoms with van der Waals surface area (Å²) in [6.45, 7) is 6.77. The zero-order valence-electron chi connectivity index (χ0n) is 24.4. The number of benzene rings is 2. The first-order chi connectivity index (χ1) is 19.9. The number of nitrogens with one attached hydrogen (secondary N) is 3.